The van der Waals surface area contributed by atoms with Crippen LogP contribution in [0.1, 0.15) is 25.0 Å². The van der Waals surface area contributed by atoms with Gasteiger partial charge in [-0.1, -0.05) is 25.1 Å². The minimum absolute atomic E-state index is 0.463. The highest BCUT2D eigenvalue weighted by Crippen LogP contribution is 2.26. The maximum absolute atomic E-state index is 9.90. The SMILES string of the molecule is CC[C@H](O)c1ccccc1OCCn1ccnc1. The van der Waals surface area contributed by atoms with E-state index in [9.17, 15) is 5.11 Å². The Labute approximate surface area is 107 Å². The van der Waals surface area contributed by atoms with E-state index in [2.05, 4.69) is 4.98 Å². The summed E-state index contributed by atoms with van der Waals surface area (Å²) in [5, 5.41) is 9.90. The van der Waals surface area contributed by atoms with Crippen LogP contribution in [0.2, 0.25) is 0 Å². The lowest BCUT2D eigenvalue weighted by Crippen LogP contribution is -2.08. The molecule has 96 valence electrons. The number of aliphatic hydroxyl groups is 1. The van der Waals surface area contributed by atoms with Crippen molar-refractivity contribution in [3.8, 4) is 5.75 Å². The number of imidazole rings is 1. The predicted molar refractivity (Wildman–Crippen MR) is 69.4 cm³/mol. The molecule has 18 heavy (non-hydrogen) atoms. The van der Waals surface area contributed by atoms with Crippen LogP contribution in [0.3, 0.4) is 0 Å². The van der Waals surface area contributed by atoms with Gasteiger partial charge in [-0.25, -0.2) is 4.98 Å². The third-order valence-corrected chi connectivity index (χ3v) is 2.83. The molecule has 2 aromatic rings. The molecule has 0 aliphatic heterocycles. The molecule has 0 aliphatic carbocycles. The largest absolute Gasteiger partial charge is 0.491 e. The maximum Gasteiger partial charge on any atom is 0.125 e. The van der Waals surface area contributed by atoms with Crippen molar-refractivity contribution in [2.45, 2.75) is 26.0 Å². The topological polar surface area (TPSA) is 47.3 Å². The Balaban J connectivity index is 1.96. The van der Waals surface area contributed by atoms with Gasteiger partial charge in [0.25, 0.3) is 0 Å². The van der Waals surface area contributed by atoms with E-state index in [1.807, 2.05) is 42.0 Å². The zero-order valence-electron chi connectivity index (χ0n) is 10.5. The molecule has 0 fully saturated rings. The molecule has 4 nitrogen and oxygen atoms in total. The summed E-state index contributed by atoms with van der Waals surface area (Å²) >= 11 is 0. The molecule has 0 saturated heterocycles. The average molecular weight is 246 g/mol. The second-order valence-electron chi connectivity index (χ2n) is 4.11. The smallest absolute Gasteiger partial charge is 0.125 e. The molecular formula is C14H18N2O2. The normalized spacial score (nSPS) is 12.3. The van der Waals surface area contributed by atoms with Gasteiger partial charge in [-0.3, -0.25) is 0 Å². The van der Waals surface area contributed by atoms with E-state index in [0.717, 1.165) is 17.9 Å². The molecule has 0 spiro atoms. The van der Waals surface area contributed by atoms with Crippen molar-refractivity contribution >= 4 is 0 Å². The number of hydrogen-bond donors (Lipinski definition) is 1. The molecule has 0 unspecified atom stereocenters. The Morgan fingerprint density at radius 3 is 2.94 bits per heavy atom. The van der Waals surface area contributed by atoms with E-state index in [-0.39, 0.29) is 0 Å². The Morgan fingerprint density at radius 2 is 2.22 bits per heavy atom. The van der Waals surface area contributed by atoms with E-state index < -0.39 is 6.10 Å². The predicted octanol–water partition coefficient (Wildman–Crippen LogP) is 2.41. The summed E-state index contributed by atoms with van der Waals surface area (Å²) in [6.45, 7) is 3.26. The number of aromatic nitrogens is 2. The van der Waals surface area contributed by atoms with Crippen LogP contribution >= 0.6 is 0 Å². The van der Waals surface area contributed by atoms with Crippen LogP contribution in [0.5, 0.6) is 5.75 Å². The first-order valence-electron chi connectivity index (χ1n) is 6.16. The summed E-state index contributed by atoms with van der Waals surface area (Å²) in [7, 11) is 0. The third-order valence-electron chi connectivity index (χ3n) is 2.83. The monoisotopic (exact) mass is 246 g/mol. The highest BCUT2D eigenvalue weighted by atomic mass is 16.5. The number of benzene rings is 1. The van der Waals surface area contributed by atoms with Crippen molar-refractivity contribution in [2.75, 3.05) is 6.61 Å². The number of aliphatic hydroxyl groups excluding tert-OH is 1. The Kier molecular flexibility index (Phi) is 4.36. The van der Waals surface area contributed by atoms with Crippen LogP contribution in [0, 0.1) is 0 Å². The summed E-state index contributed by atoms with van der Waals surface area (Å²) in [5.74, 6) is 0.756. The van der Waals surface area contributed by atoms with E-state index in [0.29, 0.717) is 13.0 Å². The van der Waals surface area contributed by atoms with Crippen molar-refractivity contribution in [1.82, 2.24) is 9.55 Å². The van der Waals surface area contributed by atoms with Crippen molar-refractivity contribution in [3.63, 3.8) is 0 Å². The zero-order valence-corrected chi connectivity index (χ0v) is 10.5. The van der Waals surface area contributed by atoms with Gasteiger partial charge in [0.15, 0.2) is 0 Å². The van der Waals surface area contributed by atoms with Gasteiger partial charge in [-0.15, -0.1) is 0 Å². The van der Waals surface area contributed by atoms with Crippen molar-refractivity contribution in [1.29, 1.82) is 0 Å². The summed E-state index contributed by atoms with van der Waals surface area (Å²) in [6, 6.07) is 7.62. The summed E-state index contributed by atoms with van der Waals surface area (Å²) in [4.78, 5) is 3.97. The van der Waals surface area contributed by atoms with E-state index in [1.54, 1.807) is 12.5 Å². The summed E-state index contributed by atoms with van der Waals surface area (Å²) in [5.41, 5.74) is 0.852. The van der Waals surface area contributed by atoms with Crippen molar-refractivity contribution in [2.24, 2.45) is 0 Å². The molecule has 4 heteroatoms. The number of hydrogen-bond acceptors (Lipinski definition) is 3. The molecule has 1 aromatic carbocycles. The number of rotatable bonds is 6. The van der Waals surface area contributed by atoms with Crippen LogP contribution in [0.15, 0.2) is 43.0 Å². The Bertz CT molecular complexity index is 468. The molecule has 2 rings (SSSR count). The number of ether oxygens (including phenoxy) is 1. The van der Waals surface area contributed by atoms with Gasteiger partial charge < -0.3 is 14.4 Å². The van der Waals surface area contributed by atoms with Crippen LogP contribution in [-0.2, 0) is 6.54 Å². The van der Waals surface area contributed by atoms with Crippen molar-refractivity contribution in [3.05, 3.63) is 48.5 Å². The van der Waals surface area contributed by atoms with Crippen LogP contribution in [-0.4, -0.2) is 21.3 Å². The van der Waals surface area contributed by atoms with E-state index >= 15 is 0 Å². The fourth-order valence-electron chi connectivity index (χ4n) is 1.79. The number of nitrogens with zero attached hydrogens (tertiary/aromatic N) is 2. The molecule has 0 bridgehead atoms. The first-order chi connectivity index (χ1) is 8.81. The third kappa shape index (κ3) is 3.11. The fraction of sp³-hybridized carbons (Fsp3) is 0.357. The molecular weight excluding hydrogens is 228 g/mol. The van der Waals surface area contributed by atoms with Gasteiger partial charge in [-0.2, -0.15) is 0 Å². The summed E-state index contributed by atoms with van der Waals surface area (Å²) < 4.78 is 7.68. The highest BCUT2D eigenvalue weighted by molar-refractivity contribution is 5.34. The number of para-hydroxylation sites is 1. The lowest BCUT2D eigenvalue weighted by Gasteiger charge is -2.15. The molecule has 0 amide bonds. The van der Waals surface area contributed by atoms with Gasteiger partial charge in [-0.05, 0) is 12.5 Å². The van der Waals surface area contributed by atoms with Crippen LogP contribution in [0.4, 0.5) is 0 Å². The van der Waals surface area contributed by atoms with Gasteiger partial charge in [0.2, 0.25) is 0 Å². The van der Waals surface area contributed by atoms with E-state index in [4.69, 9.17) is 4.74 Å². The first-order valence-corrected chi connectivity index (χ1v) is 6.16. The van der Waals surface area contributed by atoms with Gasteiger partial charge >= 0.3 is 0 Å². The summed E-state index contributed by atoms with van der Waals surface area (Å²) in [6.07, 6.45) is 5.62. The molecule has 1 heterocycles. The average Bonchev–Trinajstić information content (AvgIpc) is 2.92. The quantitative estimate of drug-likeness (QED) is 0.851. The fourth-order valence-corrected chi connectivity index (χ4v) is 1.79. The minimum atomic E-state index is -0.463. The Morgan fingerprint density at radius 1 is 1.39 bits per heavy atom. The molecule has 1 aromatic heterocycles. The lowest BCUT2D eigenvalue weighted by atomic mass is 10.1. The molecule has 0 saturated carbocycles. The van der Waals surface area contributed by atoms with Gasteiger partial charge in [0.05, 0.1) is 19.0 Å². The standard InChI is InChI=1S/C14H18N2O2/c1-2-13(17)12-5-3-4-6-14(12)18-10-9-16-8-7-15-11-16/h3-8,11,13,17H,2,9-10H2,1H3/t13-/m0/s1. The molecule has 0 radical (unpaired) electrons. The zero-order chi connectivity index (χ0) is 12.8. The molecule has 1 atom stereocenters. The second kappa shape index (κ2) is 6.21. The maximum atomic E-state index is 9.90. The molecule has 1 N–H and O–H groups in total. The second-order valence-corrected chi connectivity index (χ2v) is 4.11. The van der Waals surface area contributed by atoms with Crippen LogP contribution < -0.4 is 4.74 Å². The van der Waals surface area contributed by atoms with Crippen molar-refractivity contribution < 1.29 is 9.84 Å². The highest BCUT2D eigenvalue weighted by Gasteiger charge is 2.10. The van der Waals surface area contributed by atoms with E-state index in [1.165, 1.54) is 0 Å². The van der Waals surface area contributed by atoms with Gasteiger partial charge in [0, 0.05) is 18.0 Å². The first kappa shape index (κ1) is 12.6. The van der Waals surface area contributed by atoms with Crippen LogP contribution in [0.25, 0.3) is 0 Å². The lowest BCUT2D eigenvalue weighted by molar-refractivity contribution is 0.166. The minimum Gasteiger partial charge on any atom is -0.491 e. The molecule has 0 aliphatic rings. The van der Waals surface area contributed by atoms with Gasteiger partial charge in [0.1, 0.15) is 12.4 Å². The Hall–Kier alpha value is -1.81.